The Morgan fingerprint density at radius 2 is 1.70 bits per heavy atom. The van der Waals surface area contributed by atoms with E-state index in [1.165, 1.54) is 5.56 Å². The highest BCUT2D eigenvalue weighted by atomic mass is 16.5. The van der Waals surface area contributed by atoms with Crippen LogP contribution in [0.5, 0.6) is 0 Å². The Hall–Kier alpha value is -2.17. The van der Waals surface area contributed by atoms with Crippen molar-refractivity contribution in [1.82, 2.24) is 4.90 Å². The molecule has 4 nitrogen and oxygen atoms in total. The fourth-order valence-corrected chi connectivity index (χ4v) is 5.15. The molecule has 1 saturated heterocycles. The highest BCUT2D eigenvalue weighted by molar-refractivity contribution is 5.81. The van der Waals surface area contributed by atoms with Gasteiger partial charge in [0.1, 0.15) is 0 Å². The number of esters is 1. The number of carbonyl (C=O) groups excluding carboxylic acids is 1. The second-order valence-electron chi connectivity index (χ2n) is 8.95. The maximum Gasteiger partial charge on any atom is 0.343 e. The molecule has 0 aromatic heterocycles. The number of hydrogen-bond acceptors (Lipinski definition) is 4. The zero-order chi connectivity index (χ0) is 21.0. The number of carbonyl (C=O) groups is 1. The van der Waals surface area contributed by atoms with Crippen molar-refractivity contribution in [3.63, 3.8) is 0 Å². The van der Waals surface area contributed by atoms with Gasteiger partial charge in [0.05, 0.1) is 6.61 Å². The minimum atomic E-state index is -1.53. The lowest BCUT2D eigenvalue weighted by molar-refractivity contribution is -0.175. The summed E-state index contributed by atoms with van der Waals surface area (Å²) in [7, 11) is 0. The summed E-state index contributed by atoms with van der Waals surface area (Å²) in [6.45, 7) is 4.52. The Labute approximate surface area is 179 Å². The largest absolute Gasteiger partial charge is 0.463 e. The van der Waals surface area contributed by atoms with Gasteiger partial charge in [-0.15, -0.1) is 0 Å². The summed E-state index contributed by atoms with van der Waals surface area (Å²) in [6.07, 6.45) is 4.86. The molecule has 0 unspecified atom stereocenters. The van der Waals surface area contributed by atoms with E-state index in [2.05, 4.69) is 36.1 Å². The van der Waals surface area contributed by atoms with E-state index in [0.29, 0.717) is 24.1 Å². The molecule has 2 fully saturated rings. The van der Waals surface area contributed by atoms with Crippen LogP contribution in [0.3, 0.4) is 0 Å². The van der Waals surface area contributed by atoms with Crippen molar-refractivity contribution in [1.29, 1.82) is 0 Å². The Morgan fingerprint density at radius 3 is 2.37 bits per heavy atom. The third-order valence-corrected chi connectivity index (χ3v) is 7.07. The molecule has 1 heterocycles. The molecule has 160 valence electrons. The summed E-state index contributed by atoms with van der Waals surface area (Å²) >= 11 is 0. The van der Waals surface area contributed by atoms with Gasteiger partial charge in [-0.3, -0.25) is 4.90 Å². The van der Waals surface area contributed by atoms with Crippen LogP contribution in [-0.2, 0) is 15.1 Å². The zero-order valence-electron chi connectivity index (χ0n) is 17.9. The first-order valence-corrected chi connectivity index (χ1v) is 11.3. The first kappa shape index (κ1) is 21.1. The van der Waals surface area contributed by atoms with E-state index in [-0.39, 0.29) is 5.92 Å². The molecule has 0 amide bonds. The highest BCUT2D eigenvalue weighted by Crippen LogP contribution is 2.41. The fourth-order valence-electron chi connectivity index (χ4n) is 5.15. The summed E-state index contributed by atoms with van der Waals surface area (Å²) < 4.78 is 5.78. The van der Waals surface area contributed by atoms with E-state index in [1.807, 2.05) is 36.4 Å². The molecule has 4 rings (SSSR count). The SMILES string of the molecule is C[C@H](c1ccccc1)N1CC[C@@H](COC(=O)[C@](O)(c2ccccc2)C2CCCC2)C1. The van der Waals surface area contributed by atoms with Gasteiger partial charge in [-0.25, -0.2) is 4.79 Å². The standard InChI is InChI=1S/C26H33NO3/c1-20(22-10-4-2-5-11-22)27-17-16-21(18-27)19-30-25(28)26(29,24-14-8-9-15-24)23-12-6-3-7-13-23/h2-7,10-13,20-21,24,29H,8-9,14-19H2,1H3/t20-,21-,26+/m1/s1. The van der Waals surface area contributed by atoms with Crippen LogP contribution in [0.4, 0.5) is 0 Å². The van der Waals surface area contributed by atoms with Gasteiger partial charge >= 0.3 is 5.97 Å². The molecule has 2 aromatic carbocycles. The summed E-state index contributed by atoms with van der Waals surface area (Å²) in [5.41, 5.74) is 0.440. The third kappa shape index (κ3) is 4.30. The van der Waals surface area contributed by atoms with Crippen LogP contribution < -0.4 is 0 Å². The predicted molar refractivity (Wildman–Crippen MR) is 118 cm³/mol. The first-order chi connectivity index (χ1) is 14.6. The molecular weight excluding hydrogens is 374 g/mol. The Morgan fingerprint density at radius 1 is 1.07 bits per heavy atom. The van der Waals surface area contributed by atoms with Crippen LogP contribution >= 0.6 is 0 Å². The average molecular weight is 408 g/mol. The summed E-state index contributed by atoms with van der Waals surface area (Å²) in [6, 6.07) is 20.2. The van der Waals surface area contributed by atoms with Crippen molar-refractivity contribution < 1.29 is 14.6 Å². The maximum absolute atomic E-state index is 13.2. The van der Waals surface area contributed by atoms with Gasteiger partial charge in [-0.05, 0) is 43.9 Å². The summed E-state index contributed by atoms with van der Waals surface area (Å²) in [4.78, 5) is 15.6. The molecule has 1 N–H and O–H groups in total. The lowest BCUT2D eigenvalue weighted by atomic mass is 9.80. The van der Waals surface area contributed by atoms with Crippen molar-refractivity contribution in [2.45, 2.75) is 50.7 Å². The molecule has 4 heteroatoms. The molecule has 3 atom stereocenters. The highest BCUT2D eigenvalue weighted by Gasteiger charge is 2.48. The smallest absolute Gasteiger partial charge is 0.343 e. The average Bonchev–Trinajstić information content (AvgIpc) is 3.50. The Kier molecular flexibility index (Phi) is 6.55. The van der Waals surface area contributed by atoms with Crippen molar-refractivity contribution in [2.75, 3.05) is 19.7 Å². The monoisotopic (exact) mass is 407 g/mol. The minimum Gasteiger partial charge on any atom is -0.463 e. The molecule has 1 aliphatic heterocycles. The summed E-state index contributed by atoms with van der Waals surface area (Å²) in [5, 5.41) is 11.5. The number of hydrogen-bond donors (Lipinski definition) is 1. The van der Waals surface area contributed by atoms with E-state index in [4.69, 9.17) is 4.74 Å². The number of ether oxygens (including phenoxy) is 1. The lowest BCUT2D eigenvalue weighted by Gasteiger charge is -2.32. The van der Waals surface area contributed by atoms with Crippen LogP contribution in [-0.4, -0.2) is 35.7 Å². The molecular formula is C26H33NO3. The van der Waals surface area contributed by atoms with Crippen molar-refractivity contribution in [3.05, 3.63) is 71.8 Å². The minimum absolute atomic E-state index is 0.0643. The molecule has 1 aliphatic carbocycles. The molecule has 2 aromatic rings. The van der Waals surface area contributed by atoms with Gasteiger partial charge in [0, 0.05) is 24.4 Å². The molecule has 0 radical (unpaired) electrons. The molecule has 30 heavy (non-hydrogen) atoms. The van der Waals surface area contributed by atoms with E-state index in [1.54, 1.807) is 0 Å². The predicted octanol–water partition coefficient (Wildman–Crippen LogP) is 4.69. The summed E-state index contributed by atoms with van der Waals surface area (Å²) in [5.74, 6) is -0.232. The van der Waals surface area contributed by atoms with Gasteiger partial charge < -0.3 is 9.84 Å². The van der Waals surface area contributed by atoms with Gasteiger partial charge in [0.25, 0.3) is 0 Å². The molecule has 0 spiro atoms. The van der Waals surface area contributed by atoms with Crippen LogP contribution in [0.25, 0.3) is 0 Å². The Bertz CT molecular complexity index is 819. The third-order valence-electron chi connectivity index (χ3n) is 7.07. The molecule has 1 saturated carbocycles. The van der Waals surface area contributed by atoms with E-state index >= 15 is 0 Å². The van der Waals surface area contributed by atoms with Gasteiger partial charge in [-0.1, -0.05) is 73.5 Å². The van der Waals surface area contributed by atoms with Gasteiger partial charge in [0.15, 0.2) is 5.60 Å². The van der Waals surface area contributed by atoms with Gasteiger partial charge in [-0.2, -0.15) is 0 Å². The normalized spacial score (nSPS) is 23.2. The van der Waals surface area contributed by atoms with Crippen LogP contribution in [0.1, 0.15) is 56.2 Å². The molecule has 2 aliphatic rings. The topological polar surface area (TPSA) is 49.8 Å². The second-order valence-corrected chi connectivity index (χ2v) is 8.95. The van der Waals surface area contributed by atoms with E-state index in [0.717, 1.165) is 45.2 Å². The van der Waals surface area contributed by atoms with Crippen molar-refractivity contribution in [2.24, 2.45) is 11.8 Å². The quantitative estimate of drug-likeness (QED) is 0.677. The van der Waals surface area contributed by atoms with Crippen LogP contribution in [0, 0.1) is 11.8 Å². The number of aliphatic hydroxyl groups is 1. The number of likely N-dealkylation sites (tertiary alicyclic amines) is 1. The van der Waals surface area contributed by atoms with Gasteiger partial charge in [0.2, 0.25) is 0 Å². The fraction of sp³-hybridized carbons (Fsp3) is 0.500. The Balaban J connectivity index is 1.38. The van der Waals surface area contributed by atoms with E-state index in [9.17, 15) is 9.90 Å². The maximum atomic E-state index is 13.2. The number of benzene rings is 2. The van der Waals surface area contributed by atoms with Crippen molar-refractivity contribution in [3.8, 4) is 0 Å². The molecule has 0 bridgehead atoms. The van der Waals surface area contributed by atoms with Crippen LogP contribution in [0.2, 0.25) is 0 Å². The van der Waals surface area contributed by atoms with Crippen LogP contribution in [0.15, 0.2) is 60.7 Å². The second kappa shape index (κ2) is 9.32. The van der Waals surface area contributed by atoms with E-state index < -0.39 is 11.6 Å². The zero-order valence-corrected chi connectivity index (χ0v) is 17.9. The first-order valence-electron chi connectivity index (χ1n) is 11.3. The van der Waals surface area contributed by atoms with Crippen molar-refractivity contribution >= 4 is 5.97 Å². The number of rotatable bonds is 7. The number of nitrogens with zero attached hydrogens (tertiary/aromatic N) is 1. The lowest BCUT2D eigenvalue weighted by Crippen LogP contribution is -2.44.